The van der Waals surface area contributed by atoms with Crippen molar-refractivity contribution in [1.29, 1.82) is 0 Å². The van der Waals surface area contributed by atoms with E-state index in [1.807, 2.05) is 30.0 Å². The van der Waals surface area contributed by atoms with Gasteiger partial charge in [0, 0.05) is 43.9 Å². The fourth-order valence-corrected chi connectivity index (χ4v) is 5.94. The number of aromatic nitrogens is 5. The van der Waals surface area contributed by atoms with E-state index in [2.05, 4.69) is 32.4 Å². The lowest BCUT2D eigenvalue weighted by atomic mass is 9.80. The van der Waals surface area contributed by atoms with E-state index < -0.39 is 5.60 Å². The van der Waals surface area contributed by atoms with Crippen LogP contribution in [0.1, 0.15) is 36.6 Å². The standard InChI is InChI=1S/C28H33N7O3/c1-19-30-16-24(32-19)35-12-8-22-25(35)31-18-34(27(22)37)17-28(38)9-13-33(14-10-28)26(36)21-7-11-29-15-23(21)20-5-3-2-4-6-20/h2-6,8,12,16,18,21,23,29,38H,7,9-11,13-15,17H2,1H3,(H,30,32)/t21-,23+/m1/s1. The lowest BCUT2D eigenvalue weighted by Gasteiger charge is -2.41. The third-order valence-electron chi connectivity index (χ3n) is 8.11. The average molecular weight is 516 g/mol. The number of amides is 1. The Labute approximate surface area is 220 Å². The number of aryl methyl sites for hydroxylation is 1. The Balaban J connectivity index is 1.15. The summed E-state index contributed by atoms with van der Waals surface area (Å²) in [5.74, 6) is 1.69. The van der Waals surface area contributed by atoms with E-state index in [1.54, 1.807) is 23.0 Å². The molecule has 2 aliphatic rings. The monoisotopic (exact) mass is 515 g/mol. The zero-order chi connectivity index (χ0) is 26.3. The molecule has 198 valence electrons. The van der Waals surface area contributed by atoms with Crippen LogP contribution in [0, 0.1) is 12.8 Å². The first-order valence-electron chi connectivity index (χ1n) is 13.3. The van der Waals surface area contributed by atoms with Crippen LogP contribution in [0.2, 0.25) is 0 Å². The number of H-pyrrole nitrogens is 1. The highest BCUT2D eigenvalue weighted by Gasteiger charge is 2.39. The fourth-order valence-electron chi connectivity index (χ4n) is 5.94. The summed E-state index contributed by atoms with van der Waals surface area (Å²) in [7, 11) is 0. The first-order valence-corrected chi connectivity index (χ1v) is 13.3. The van der Waals surface area contributed by atoms with Crippen molar-refractivity contribution < 1.29 is 9.90 Å². The Bertz CT molecular complexity index is 1500. The second-order valence-corrected chi connectivity index (χ2v) is 10.6. The van der Waals surface area contributed by atoms with Crippen molar-refractivity contribution in [3.8, 4) is 5.82 Å². The van der Waals surface area contributed by atoms with Gasteiger partial charge in [-0.25, -0.2) is 9.97 Å². The molecule has 0 radical (unpaired) electrons. The molecule has 2 aliphatic heterocycles. The minimum absolute atomic E-state index is 0.0681. The van der Waals surface area contributed by atoms with Gasteiger partial charge in [-0.05, 0) is 44.4 Å². The van der Waals surface area contributed by atoms with E-state index in [-0.39, 0.29) is 29.8 Å². The van der Waals surface area contributed by atoms with Crippen LogP contribution in [0.5, 0.6) is 0 Å². The summed E-state index contributed by atoms with van der Waals surface area (Å²) in [6, 6.07) is 12.0. The summed E-state index contributed by atoms with van der Waals surface area (Å²) < 4.78 is 3.26. The molecule has 3 N–H and O–H groups in total. The molecule has 2 saturated heterocycles. The maximum Gasteiger partial charge on any atom is 0.262 e. The number of rotatable bonds is 5. The van der Waals surface area contributed by atoms with Gasteiger partial charge in [-0.15, -0.1) is 0 Å². The number of hydrogen-bond donors (Lipinski definition) is 3. The predicted molar refractivity (Wildman–Crippen MR) is 143 cm³/mol. The molecule has 0 aliphatic carbocycles. The molecule has 0 spiro atoms. The smallest absolute Gasteiger partial charge is 0.262 e. The molecule has 2 atom stereocenters. The minimum Gasteiger partial charge on any atom is -0.388 e. The second kappa shape index (κ2) is 9.85. The highest BCUT2D eigenvalue weighted by molar-refractivity contribution is 5.80. The van der Waals surface area contributed by atoms with Gasteiger partial charge in [0.1, 0.15) is 12.2 Å². The van der Waals surface area contributed by atoms with Crippen molar-refractivity contribution in [1.82, 2.24) is 34.3 Å². The Morgan fingerprint density at radius 3 is 2.71 bits per heavy atom. The topological polar surface area (TPSA) is 121 Å². The largest absolute Gasteiger partial charge is 0.388 e. The molecule has 2 fully saturated rings. The van der Waals surface area contributed by atoms with Crippen LogP contribution in [-0.2, 0) is 11.3 Å². The molecule has 4 aromatic rings. The van der Waals surface area contributed by atoms with Gasteiger partial charge in [0.15, 0.2) is 11.5 Å². The van der Waals surface area contributed by atoms with Crippen molar-refractivity contribution in [3.05, 3.63) is 76.9 Å². The van der Waals surface area contributed by atoms with E-state index in [0.29, 0.717) is 42.8 Å². The molecular formula is C28H33N7O3. The van der Waals surface area contributed by atoms with Crippen LogP contribution in [0.3, 0.4) is 0 Å². The highest BCUT2D eigenvalue weighted by atomic mass is 16.3. The Hall–Kier alpha value is -3.76. The number of carbonyl (C=O) groups is 1. The van der Waals surface area contributed by atoms with Crippen LogP contribution in [0.25, 0.3) is 16.9 Å². The van der Waals surface area contributed by atoms with Gasteiger partial charge in [-0.2, -0.15) is 0 Å². The molecule has 5 heterocycles. The SMILES string of the molecule is Cc1nc(-n2ccc3c(=O)n(CC4(O)CCN(C(=O)[C@@H]5CCNC[C@H]5c5ccccc5)CC4)cnc32)c[nH]1. The van der Waals surface area contributed by atoms with Crippen LogP contribution in [-0.4, -0.2) is 71.8 Å². The number of hydrogen-bond acceptors (Lipinski definition) is 6. The predicted octanol–water partition coefficient (Wildman–Crippen LogP) is 1.97. The van der Waals surface area contributed by atoms with Gasteiger partial charge in [0.2, 0.25) is 5.91 Å². The molecule has 0 unspecified atom stereocenters. The lowest BCUT2D eigenvalue weighted by molar-refractivity contribution is -0.141. The van der Waals surface area contributed by atoms with Crippen molar-refractivity contribution in [2.45, 2.75) is 44.2 Å². The van der Waals surface area contributed by atoms with Gasteiger partial charge in [-0.1, -0.05) is 30.3 Å². The quantitative estimate of drug-likeness (QED) is 0.374. The minimum atomic E-state index is -1.08. The Morgan fingerprint density at radius 1 is 1.18 bits per heavy atom. The molecule has 0 bridgehead atoms. The third-order valence-corrected chi connectivity index (χ3v) is 8.11. The summed E-state index contributed by atoms with van der Waals surface area (Å²) in [4.78, 5) is 40.7. The molecule has 3 aromatic heterocycles. The summed E-state index contributed by atoms with van der Waals surface area (Å²) >= 11 is 0. The molecule has 10 heteroatoms. The van der Waals surface area contributed by atoms with Crippen molar-refractivity contribution in [3.63, 3.8) is 0 Å². The first kappa shape index (κ1) is 24.6. The van der Waals surface area contributed by atoms with Crippen LogP contribution in [0.15, 0.2) is 59.9 Å². The third kappa shape index (κ3) is 4.54. The summed E-state index contributed by atoms with van der Waals surface area (Å²) in [6.07, 6.45) is 6.68. The Kier molecular flexibility index (Phi) is 6.37. The van der Waals surface area contributed by atoms with Crippen LogP contribution in [0.4, 0.5) is 0 Å². The van der Waals surface area contributed by atoms with E-state index in [1.165, 1.54) is 16.5 Å². The number of imidazole rings is 1. The van der Waals surface area contributed by atoms with E-state index in [0.717, 1.165) is 25.3 Å². The average Bonchev–Trinajstić information content (AvgIpc) is 3.57. The number of likely N-dealkylation sites (tertiary alicyclic amines) is 1. The molecule has 1 aromatic carbocycles. The second-order valence-electron chi connectivity index (χ2n) is 10.6. The number of benzene rings is 1. The summed E-state index contributed by atoms with van der Waals surface area (Å²) in [5.41, 5.74) is 0.434. The van der Waals surface area contributed by atoms with Gasteiger partial charge < -0.3 is 20.3 Å². The molecular weight excluding hydrogens is 482 g/mol. The number of nitrogens with one attached hydrogen (secondary N) is 2. The highest BCUT2D eigenvalue weighted by Crippen LogP contribution is 2.33. The molecule has 38 heavy (non-hydrogen) atoms. The summed E-state index contributed by atoms with van der Waals surface area (Å²) in [6.45, 7) is 4.57. The first-order chi connectivity index (χ1) is 18.4. The van der Waals surface area contributed by atoms with Gasteiger partial charge >= 0.3 is 0 Å². The summed E-state index contributed by atoms with van der Waals surface area (Å²) in [5, 5.41) is 15.3. The number of carbonyl (C=O) groups excluding carboxylic acids is 1. The zero-order valence-corrected chi connectivity index (χ0v) is 21.5. The van der Waals surface area contributed by atoms with E-state index in [4.69, 9.17) is 0 Å². The fraction of sp³-hybridized carbons (Fsp3) is 0.429. The molecule has 0 saturated carbocycles. The van der Waals surface area contributed by atoms with E-state index >= 15 is 0 Å². The van der Waals surface area contributed by atoms with Gasteiger partial charge in [0.25, 0.3) is 5.56 Å². The molecule has 1 amide bonds. The maximum atomic E-state index is 13.6. The van der Waals surface area contributed by atoms with Gasteiger partial charge in [-0.3, -0.25) is 18.7 Å². The van der Waals surface area contributed by atoms with Crippen molar-refractivity contribution in [2.24, 2.45) is 5.92 Å². The van der Waals surface area contributed by atoms with Gasteiger partial charge in [0.05, 0.1) is 17.5 Å². The Morgan fingerprint density at radius 2 is 1.97 bits per heavy atom. The van der Waals surface area contributed by atoms with Crippen LogP contribution >= 0.6 is 0 Å². The number of aromatic amines is 1. The van der Waals surface area contributed by atoms with E-state index in [9.17, 15) is 14.7 Å². The number of nitrogens with zero attached hydrogens (tertiary/aromatic N) is 5. The maximum absolute atomic E-state index is 13.6. The lowest BCUT2D eigenvalue weighted by Crippen LogP contribution is -2.52. The zero-order valence-electron chi connectivity index (χ0n) is 21.5. The number of aliphatic hydroxyl groups is 1. The molecule has 10 nitrogen and oxygen atoms in total. The van der Waals surface area contributed by atoms with Crippen molar-refractivity contribution >= 4 is 16.9 Å². The molecule has 6 rings (SSSR count). The number of piperidine rings is 2. The number of fused-ring (bicyclic) bond motifs is 1. The normalized spacial score (nSPS) is 21.6. The van der Waals surface area contributed by atoms with Crippen molar-refractivity contribution in [2.75, 3.05) is 26.2 Å². The van der Waals surface area contributed by atoms with Crippen LogP contribution < -0.4 is 10.9 Å².